The van der Waals surface area contributed by atoms with E-state index in [1.54, 1.807) is 47.8 Å². The number of pyridine rings is 1. The van der Waals surface area contributed by atoms with E-state index in [9.17, 15) is 13.2 Å². The molecule has 9 heteroatoms. The molecule has 0 aliphatic carbocycles. The van der Waals surface area contributed by atoms with E-state index in [1.165, 1.54) is 0 Å². The van der Waals surface area contributed by atoms with E-state index >= 15 is 0 Å². The molecule has 1 N–H and O–H groups in total. The second kappa shape index (κ2) is 8.87. The number of carbonyl (C=O) groups excluding carboxylic acids is 1. The maximum Gasteiger partial charge on any atom is 0.257 e. The van der Waals surface area contributed by atoms with E-state index in [2.05, 4.69) is 15.4 Å². The fraction of sp³-hybridized carbons (Fsp3) is 0.458. The highest BCUT2D eigenvalue weighted by Crippen LogP contribution is 2.30. The Morgan fingerprint density at radius 3 is 2.36 bits per heavy atom. The number of anilines is 1. The predicted molar refractivity (Wildman–Crippen MR) is 129 cm³/mol. The van der Waals surface area contributed by atoms with Crippen molar-refractivity contribution in [3.8, 4) is 0 Å². The van der Waals surface area contributed by atoms with Crippen LogP contribution in [0.25, 0.3) is 11.0 Å². The first-order valence-electron chi connectivity index (χ1n) is 11.4. The van der Waals surface area contributed by atoms with Crippen molar-refractivity contribution in [3.63, 3.8) is 0 Å². The molecule has 0 radical (unpaired) electrons. The highest BCUT2D eigenvalue weighted by molar-refractivity contribution is 7.89. The molecular weight excluding hydrogens is 438 g/mol. The number of sulfonamides is 1. The van der Waals surface area contributed by atoms with Crippen LogP contribution in [-0.2, 0) is 10.0 Å². The first-order valence-corrected chi connectivity index (χ1v) is 12.8. The molecular formula is C24H31N5O3S. The average Bonchev–Trinajstić information content (AvgIpc) is 3.16. The van der Waals surface area contributed by atoms with Gasteiger partial charge in [-0.15, -0.1) is 0 Å². The number of benzene rings is 1. The lowest BCUT2D eigenvalue weighted by molar-refractivity contribution is 0.102. The quantitative estimate of drug-likeness (QED) is 0.592. The lowest BCUT2D eigenvalue weighted by Crippen LogP contribution is -2.47. The normalized spacial score (nSPS) is 19.8. The molecule has 1 aliphatic rings. The van der Waals surface area contributed by atoms with Crippen molar-refractivity contribution in [1.29, 1.82) is 0 Å². The number of fused-ring (bicyclic) bond motifs is 1. The van der Waals surface area contributed by atoms with Gasteiger partial charge in [-0.25, -0.2) is 18.1 Å². The fourth-order valence-electron chi connectivity index (χ4n) is 4.58. The van der Waals surface area contributed by atoms with Gasteiger partial charge in [-0.1, -0.05) is 6.42 Å². The lowest BCUT2D eigenvalue weighted by atomic mass is 10.0. The number of nitrogens with one attached hydrogen (secondary N) is 1. The van der Waals surface area contributed by atoms with Gasteiger partial charge in [-0.2, -0.15) is 9.40 Å². The molecule has 1 aromatic carbocycles. The number of amides is 1. The van der Waals surface area contributed by atoms with Crippen LogP contribution in [0.15, 0.2) is 41.4 Å². The maximum atomic E-state index is 13.2. The Labute approximate surface area is 195 Å². The summed E-state index contributed by atoms with van der Waals surface area (Å²) in [5.41, 5.74) is 2.33. The van der Waals surface area contributed by atoms with Gasteiger partial charge in [0, 0.05) is 29.2 Å². The molecule has 0 saturated carbocycles. The Balaban J connectivity index is 1.55. The van der Waals surface area contributed by atoms with Crippen LogP contribution in [0, 0.1) is 6.92 Å². The molecule has 176 valence electrons. The summed E-state index contributed by atoms with van der Waals surface area (Å²) in [7, 11) is -3.59. The number of hydrogen-bond donors (Lipinski definition) is 1. The van der Waals surface area contributed by atoms with Crippen LogP contribution in [0.4, 0.5) is 5.69 Å². The molecule has 33 heavy (non-hydrogen) atoms. The Morgan fingerprint density at radius 1 is 1.12 bits per heavy atom. The first-order chi connectivity index (χ1) is 15.6. The van der Waals surface area contributed by atoms with Gasteiger partial charge in [-0.05, 0) is 77.8 Å². The van der Waals surface area contributed by atoms with Crippen LogP contribution < -0.4 is 5.32 Å². The molecule has 8 nitrogen and oxygen atoms in total. The van der Waals surface area contributed by atoms with Crippen LogP contribution >= 0.6 is 0 Å². The van der Waals surface area contributed by atoms with Crippen LogP contribution in [-0.4, -0.2) is 45.5 Å². The third-order valence-corrected chi connectivity index (χ3v) is 8.44. The Bertz CT molecular complexity index is 1270. The van der Waals surface area contributed by atoms with Crippen molar-refractivity contribution in [2.45, 2.75) is 76.9 Å². The number of aromatic nitrogens is 3. The Kier molecular flexibility index (Phi) is 6.28. The van der Waals surface area contributed by atoms with Gasteiger partial charge in [0.1, 0.15) is 0 Å². The molecule has 4 rings (SSSR count). The van der Waals surface area contributed by atoms with Gasteiger partial charge in [-0.3, -0.25) is 4.79 Å². The zero-order valence-electron chi connectivity index (χ0n) is 19.7. The number of rotatable bonds is 5. The second-order valence-corrected chi connectivity index (χ2v) is 11.0. The van der Waals surface area contributed by atoms with E-state index < -0.39 is 10.0 Å². The zero-order valence-corrected chi connectivity index (χ0v) is 20.6. The number of aryl methyl sites for hydroxylation is 1. The summed E-state index contributed by atoms with van der Waals surface area (Å²) < 4.78 is 29.9. The SMILES string of the molecule is Cc1nc2c(cnn2C(C)C)cc1C(=O)Nc1ccc(S(=O)(=O)N2C(C)CCCC2C)cc1. The first kappa shape index (κ1) is 23.4. The standard InChI is InChI=1S/C24H31N5O3S/c1-15(2)28-23-19(14-25-28)13-22(18(5)26-23)24(30)27-20-9-11-21(12-10-20)33(31,32)29-16(3)7-6-8-17(29)4/h9-17H,6-8H2,1-5H3,(H,27,30). The van der Waals surface area contributed by atoms with E-state index in [-0.39, 0.29) is 28.9 Å². The summed E-state index contributed by atoms with van der Waals surface area (Å²) in [4.78, 5) is 17.8. The van der Waals surface area contributed by atoms with Gasteiger partial charge in [0.05, 0.1) is 22.3 Å². The molecule has 1 aliphatic heterocycles. The molecule has 3 aromatic rings. The predicted octanol–water partition coefficient (Wildman–Crippen LogP) is 4.52. The Morgan fingerprint density at radius 2 is 1.76 bits per heavy atom. The third-order valence-electron chi connectivity index (χ3n) is 6.29. The number of piperidine rings is 1. The Hall–Kier alpha value is -2.78. The van der Waals surface area contributed by atoms with Crippen LogP contribution in [0.5, 0.6) is 0 Å². The van der Waals surface area contributed by atoms with Crippen LogP contribution in [0.1, 0.15) is 69.1 Å². The van der Waals surface area contributed by atoms with E-state index in [1.807, 2.05) is 32.4 Å². The van der Waals surface area contributed by atoms with Gasteiger partial charge in [0.15, 0.2) is 5.65 Å². The minimum absolute atomic E-state index is 0.0245. The smallest absolute Gasteiger partial charge is 0.257 e. The zero-order chi connectivity index (χ0) is 23.9. The molecule has 1 amide bonds. The van der Waals surface area contributed by atoms with Crippen molar-refractivity contribution in [1.82, 2.24) is 19.1 Å². The second-order valence-electron chi connectivity index (χ2n) is 9.16. The molecule has 2 unspecified atom stereocenters. The van der Waals surface area contributed by atoms with Crippen molar-refractivity contribution in [3.05, 3.63) is 47.8 Å². The molecule has 3 heterocycles. The van der Waals surface area contributed by atoms with Crippen LogP contribution in [0.2, 0.25) is 0 Å². The van der Waals surface area contributed by atoms with Gasteiger partial charge in [0.25, 0.3) is 5.91 Å². The summed E-state index contributed by atoms with van der Waals surface area (Å²) in [6.07, 6.45) is 4.48. The minimum Gasteiger partial charge on any atom is -0.322 e. The topological polar surface area (TPSA) is 97.2 Å². The van der Waals surface area contributed by atoms with Crippen LogP contribution in [0.3, 0.4) is 0 Å². The highest BCUT2D eigenvalue weighted by Gasteiger charge is 2.35. The molecule has 2 atom stereocenters. The number of carbonyl (C=O) groups is 1. The average molecular weight is 470 g/mol. The maximum absolute atomic E-state index is 13.2. The summed E-state index contributed by atoms with van der Waals surface area (Å²) in [5.74, 6) is -0.298. The summed E-state index contributed by atoms with van der Waals surface area (Å²) in [5, 5.41) is 8.02. The van der Waals surface area contributed by atoms with Crippen molar-refractivity contribution < 1.29 is 13.2 Å². The molecule has 0 spiro atoms. The van der Waals surface area contributed by atoms with Gasteiger partial charge < -0.3 is 5.32 Å². The van der Waals surface area contributed by atoms with Crippen molar-refractivity contribution in [2.24, 2.45) is 0 Å². The lowest BCUT2D eigenvalue weighted by Gasteiger charge is -2.37. The van der Waals surface area contributed by atoms with Gasteiger partial charge in [0.2, 0.25) is 10.0 Å². The molecule has 1 fully saturated rings. The summed E-state index contributed by atoms with van der Waals surface area (Å²) >= 11 is 0. The van der Waals surface area contributed by atoms with Crippen molar-refractivity contribution >= 4 is 32.7 Å². The minimum atomic E-state index is -3.59. The molecule has 1 saturated heterocycles. The van der Waals surface area contributed by atoms with E-state index in [0.717, 1.165) is 30.3 Å². The monoisotopic (exact) mass is 469 g/mol. The fourth-order valence-corrected chi connectivity index (χ4v) is 6.46. The summed E-state index contributed by atoms with van der Waals surface area (Å²) in [6, 6.07) is 8.27. The molecule has 0 bridgehead atoms. The van der Waals surface area contributed by atoms with E-state index in [0.29, 0.717) is 16.9 Å². The van der Waals surface area contributed by atoms with Crippen molar-refractivity contribution in [2.75, 3.05) is 5.32 Å². The molecule has 2 aromatic heterocycles. The highest BCUT2D eigenvalue weighted by atomic mass is 32.2. The third kappa shape index (κ3) is 4.39. The largest absolute Gasteiger partial charge is 0.322 e. The number of hydrogen-bond acceptors (Lipinski definition) is 5. The van der Waals surface area contributed by atoms with E-state index in [4.69, 9.17) is 0 Å². The summed E-state index contributed by atoms with van der Waals surface area (Å²) in [6.45, 7) is 9.77. The number of nitrogens with zero attached hydrogens (tertiary/aromatic N) is 4. The van der Waals surface area contributed by atoms with Gasteiger partial charge >= 0.3 is 0 Å².